The van der Waals surface area contributed by atoms with Gasteiger partial charge in [-0.1, -0.05) is 6.92 Å². The predicted octanol–water partition coefficient (Wildman–Crippen LogP) is 0.846. The molecule has 5 nitrogen and oxygen atoms in total. The Kier molecular flexibility index (Phi) is 8.22. The summed E-state index contributed by atoms with van der Waals surface area (Å²) in [6.07, 6.45) is 3.74. The maximum absolute atomic E-state index is 12.6. The lowest BCUT2D eigenvalue weighted by Crippen LogP contribution is -2.48. The van der Waals surface area contributed by atoms with Crippen LogP contribution in [0.1, 0.15) is 32.6 Å². The van der Waals surface area contributed by atoms with E-state index < -0.39 is 0 Å². The van der Waals surface area contributed by atoms with Crippen molar-refractivity contribution in [2.45, 2.75) is 38.6 Å². The van der Waals surface area contributed by atoms with Crippen molar-refractivity contribution in [3.63, 3.8) is 0 Å². The Morgan fingerprint density at radius 1 is 1.29 bits per heavy atom. The maximum Gasteiger partial charge on any atom is 0.222 e. The number of piperidine rings is 1. The monoisotopic (exact) mass is 298 g/mol. The lowest BCUT2D eigenvalue weighted by Gasteiger charge is -2.38. The summed E-state index contributed by atoms with van der Waals surface area (Å²) in [5.41, 5.74) is 5.65. The van der Waals surface area contributed by atoms with Crippen molar-refractivity contribution in [1.29, 1.82) is 0 Å². The molecule has 0 aromatic rings. The van der Waals surface area contributed by atoms with Crippen LogP contribution in [0, 0.1) is 5.92 Å². The summed E-state index contributed by atoms with van der Waals surface area (Å²) in [5, 5.41) is 0. The fourth-order valence-corrected chi connectivity index (χ4v) is 2.76. The molecular weight excluding hydrogens is 264 g/mol. The zero-order chi connectivity index (χ0) is 15.8. The third-order valence-corrected chi connectivity index (χ3v) is 4.49. The molecule has 1 amide bonds. The van der Waals surface area contributed by atoms with Crippen molar-refractivity contribution in [3.8, 4) is 0 Å². The van der Waals surface area contributed by atoms with Crippen LogP contribution in [0.15, 0.2) is 0 Å². The SMILES string of the molecule is CC(CN)CCC(=O)N(CCN(C)C)C1CCN(C)CC1. The Morgan fingerprint density at radius 3 is 2.43 bits per heavy atom. The van der Waals surface area contributed by atoms with Gasteiger partial charge >= 0.3 is 0 Å². The van der Waals surface area contributed by atoms with Gasteiger partial charge in [0.25, 0.3) is 0 Å². The molecule has 5 heteroatoms. The van der Waals surface area contributed by atoms with Crippen LogP contribution < -0.4 is 5.73 Å². The van der Waals surface area contributed by atoms with Crippen molar-refractivity contribution in [2.75, 3.05) is 53.9 Å². The predicted molar refractivity (Wildman–Crippen MR) is 88.2 cm³/mol. The Morgan fingerprint density at radius 2 is 1.90 bits per heavy atom. The first kappa shape index (κ1) is 18.4. The van der Waals surface area contributed by atoms with Crippen LogP contribution in [-0.4, -0.2) is 80.5 Å². The number of nitrogens with zero attached hydrogens (tertiary/aromatic N) is 3. The van der Waals surface area contributed by atoms with E-state index in [0.29, 0.717) is 30.8 Å². The minimum atomic E-state index is 0.312. The summed E-state index contributed by atoms with van der Waals surface area (Å²) in [6, 6.07) is 0.418. The number of nitrogens with two attached hydrogens (primary N) is 1. The second-order valence-electron chi connectivity index (χ2n) is 6.80. The Hall–Kier alpha value is -0.650. The first-order valence-electron chi connectivity index (χ1n) is 8.26. The van der Waals surface area contributed by atoms with E-state index >= 15 is 0 Å². The summed E-state index contributed by atoms with van der Waals surface area (Å²) in [7, 11) is 6.28. The van der Waals surface area contributed by atoms with Gasteiger partial charge in [-0.05, 0) is 66.0 Å². The van der Waals surface area contributed by atoms with Gasteiger partial charge < -0.3 is 20.4 Å². The van der Waals surface area contributed by atoms with Crippen LogP contribution in [0.4, 0.5) is 0 Å². The molecule has 2 N–H and O–H groups in total. The molecule has 1 rings (SSSR count). The molecule has 1 aliphatic rings. The molecule has 1 heterocycles. The van der Waals surface area contributed by atoms with Gasteiger partial charge in [-0.2, -0.15) is 0 Å². The topological polar surface area (TPSA) is 52.8 Å². The van der Waals surface area contributed by atoms with Crippen molar-refractivity contribution < 1.29 is 4.79 Å². The second kappa shape index (κ2) is 9.38. The Bertz CT molecular complexity index is 301. The van der Waals surface area contributed by atoms with E-state index in [1.807, 2.05) is 0 Å². The first-order chi connectivity index (χ1) is 9.93. The first-order valence-corrected chi connectivity index (χ1v) is 8.26. The number of likely N-dealkylation sites (N-methyl/N-ethyl adjacent to an activating group) is 1. The molecule has 1 atom stereocenters. The Balaban J connectivity index is 2.56. The lowest BCUT2D eigenvalue weighted by atomic mass is 10.0. The highest BCUT2D eigenvalue weighted by molar-refractivity contribution is 5.76. The molecule has 124 valence electrons. The third kappa shape index (κ3) is 6.76. The van der Waals surface area contributed by atoms with E-state index in [1.165, 1.54) is 0 Å². The minimum Gasteiger partial charge on any atom is -0.338 e. The smallest absolute Gasteiger partial charge is 0.222 e. The maximum atomic E-state index is 12.6. The standard InChI is InChI=1S/C16H34N4O/c1-14(13-17)5-6-16(21)20(12-11-18(2)3)15-7-9-19(4)10-8-15/h14-15H,5-13,17H2,1-4H3. The number of carbonyl (C=O) groups excluding carboxylic acids is 1. The van der Waals surface area contributed by atoms with E-state index in [-0.39, 0.29) is 0 Å². The van der Waals surface area contributed by atoms with Crippen molar-refractivity contribution in [3.05, 3.63) is 0 Å². The van der Waals surface area contributed by atoms with E-state index in [9.17, 15) is 4.79 Å². The van der Waals surface area contributed by atoms with Gasteiger partial charge in [0.05, 0.1) is 0 Å². The zero-order valence-electron chi connectivity index (χ0n) is 14.3. The van der Waals surface area contributed by atoms with E-state index in [4.69, 9.17) is 5.73 Å². The number of rotatable bonds is 8. The molecule has 0 aromatic heterocycles. The average Bonchev–Trinajstić information content (AvgIpc) is 2.46. The van der Waals surface area contributed by atoms with Crippen LogP contribution in [-0.2, 0) is 4.79 Å². The highest BCUT2D eigenvalue weighted by Gasteiger charge is 2.26. The van der Waals surface area contributed by atoms with Crippen LogP contribution in [0.2, 0.25) is 0 Å². The molecule has 21 heavy (non-hydrogen) atoms. The van der Waals surface area contributed by atoms with Crippen molar-refractivity contribution in [1.82, 2.24) is 14.7 Å². The molecule has 0 spiro atoms. The second-order valence-corrected chi connectivity index (χ2v) is 6.80. The number of likely N-dealkylation sites (tertiary alicyclic amines) is 1. The highest BCUT2D eigenvalue weighted by atomic mass is 16.2. The molecule has 1 fully saturated rings. The van der Waals surface area contributed by atoms with Gasteiger partial charge in [-0.25, -0.2) is 0 Å². The fourth-order valence-electron chi connectivity index (χ4n) is 2.76. The molecular formula is C16H34N4O. The van der Waals surface area contributed by atoms with Gasteiger partial charge in [-0.15, -0.1) is 0 Å². The van der Waals surface area contributed by atoms with Crippen LogP contribution in [0.3, 0.4) is 0 Å². The molecule has 1 aliphatic heterocycles. The van der Waals surface area contributed by atoms with Gasteiger partial charge in [0.15, 0.2) is 0 Å². The average molecular weight is 298 g/mol. The van der Waals surface area contributed by atoms with Gasteiger partial charge in [0.1, 0.15) is 0 Å². The largest absolute Gasteiger partial charge is 0.338 e. The molecule has 1 saturated heterocycles. The summed E-state index contributed by atoms with van der Waals surface area (Å²) in [4.78, 5) is 19.2. The minimum absolute atomic E-state index is 0.312. The zero-order valence-corrected chi connectivity index (χ0v) is 14.3. The summed E-state index contributed by atoms with van der Waals surface area (Å²) in [6.45, 7) is 6.75. The number of carbonyl (C=O) groups is 1. The highest BCUT2D eigenvalue weighted by Crippen LogP contribution is 2.18. The summed E-state index contributed by atoms with van der Waals surface area (Å²) < 4.78 is 0. The Labute approximate surface area is 130 Å². The van der Waals surface area contributed by atoms with E-state index in [0.717, 1.165) is 45.4 Å². The lowest BCUT2D eigenvalue weighted by molar-refractivity contribution is -0.135. The molecule has 0 radical (unpaired) electrons. The number of hydrogen-bond acceptors (Lipinski definition) is 4. The van der Waals surface area contributed by atoms with Crippen LogP contribution >= 0.6 is 0 Å². The van der Waals surface area contributed by atoms with Crippen molar-refractivity contribution >= 4 is 5.91 Å². The van der Waals surface area contributed by atoms with E-state index in [2.05, 4.69) is 42.8 Å². The summed E-state index contributed by atoms with van der Waals surface area (Å²) >= 11 is 0. The van der Waals surface area contributed by atoms with Gasteiger partial charge in [0.2, 0.25) is 5.91 Å². The molecule has 0 saturated carbocycles. The van der Waals surface area contributed by atoms with Gasteiger partial charge in [0, 0.05) is 25.6 Å². The molecule has 1 unspecified atom stereocenters. The molecule has 0 aliphatic carbocycles. The van der Waals surface area contributed by atoms with Gasteiger partial charge in [-0.3, -0.25) is 4.79 Å². The van der Waals surface area contributed by atoms with Crippen LogP contribution in [0.5, 0.6) is 0 Å². The number of hydrogen-bond donors (Lipinski definition) is 1. The quantitative estimate of drug-likeness (QED) is 0.722. The molecule has 0 bridgehead atoms. The summed E-state index contributed by atoms with van der Waals surface area (Å²) in [5.74, 6) is 0.744. The molecule has 0 aromatic carbocycles. The van der Waals surface area contributed by atoms with E-state index in [1.54, 1.807) is 0 Å². The normalized spacial score (nSPS) is 19.0. The van der Waals surface area contributed by atoms with Crippen LogP contribution in [0.25, 0.3) is 0 Å². The number of amides is 1. The third-order valence-electron chi connectivity index (χ3n) is 4.49. The fraction of sp³-hybridized carbons (Fsp3) is 0.938. The van der Waals surface area contributed by atoms with Crippen molar-refractivity contribution in [2.24, 2.45) is 11.7 Å².